The normalized spacial score (nSPS) is 12.7. The molecule has 2 heterocycles. The average Bonchev–Trinajstić information content (AvgIpc) is 3.53. The number of carbonyl (C=O) groups excluding carboxylic acids is 2. The molecule has 0 aliphatic carbocycles. The summed E-state index contributed by atoms with van der Waals surface area (Å²) in [6.07, 6.45) is 0. The van der Waals surface area contributed by atoms with Crippen LogP contribution >= 0.6 is 0 Å². The number of ether oxygens (including phenoxy) is 3. The van der Waals surface area contributed by atoms with Crippen LogP contribution in [0.2, 0.25) is 0 Å². The van der Waals surface area contributed by atoms with Gasteiger partial charge in [-0.05, 0) is 56.6 Å². The number of aromatic amines is 1. The zero-order chi connectivity index (χ0) is 28.6. The number of aromatic hydroxyl groups is 1. The van der Waals surface area contributed by atoms with Gasteiger partial charge in [-0.2, -0.15) is 0 Å². The van der Waals surface area contributed by atoms with Crippen LogP contribution in [0.3, 0.4) is 0 Å². The summed E-state index contributed by atoms with van der Waals surface area (Å²) in [6, 6.07) is 14.3. The van der Waals surface area contributed by atoms with Crippen molar-refractivity contribution in [3.05, 3.63) is 77.1 Å². The fourth-order valence-corrected chi connectivity index (χ4v) is 4.45. The monoisotopic (exact) mass is 546 g/mol. The van der Waals surface area contributed by atoms with E-state index < -0.39 is 11.8 Å². The van der Waals surface area contributed by atoms with Gasteiger partial charge in [0.25, 0.3) is 0 Å². The summed E-state index contributed by atoms with van der Waals surface area (Å²) in [5.41, 5.74) is 2.37. The first-order valence-corrected chi connectivity index (χ1v) is 12.3. The van der Waals surface area contributed by atoms with Crippen LogP contribution in [0, 0.1) is 5.82 Å². The highest BCUT2D eigenvalue weighted by molar-refractivity contribution is 6.22. The highest BCUT2D eigenvalue weighted by Crippen LogP contribution is 2.37. The lowest BCUT2D eigenvalue weighted by Crippen LogP contribution is -2.35. The highest BCUT2D eigenvalue weighted by atomic mass is 19.1. The zero-order valence-electron chi connectivity index (χ0n) is 22.3. The van der Waals surface area contributed by atoms with Crippen LogP contribution in [0.25, 0.3) is 10.9 Å². The molecule has 1 aliphatic heterocycles. The standard InChI is InChI=1S/C29H27FN4O6/c1-33(2)14-25(35)34(3)22-9-7-18(13-20(22)30)31-27(16-6-10-23-24(12-16)40-15-39-23)26-19-8-5-17(29(37)38-4)11-21(19)32-28(26)36/h5-13,32,36H,14-15H2,1-4H3. The molecule has 206 valence electrons. The van der Waals surface area contributed by atoms with Crippen LogP contribution in [0.4, 0.5) is 15.8 Å². The van der Waals surface area contributed by atoms with Gasteiger partial charge in [-0.25, -0.2) is 14.2 Å². The Labute approximate surface area is 229 Å². The van der Waals surface area contributed by atoms with E-state index in [1.165, 1.54) is 31.2 Å². The van der Waals surface area contributed by atoms with E-state index in [4.69, 9.17) is 19.2 Å². The topological polar surface area (TPSA) is 117 Å². The van der Waals surface area contributed by atoms with Gasteiger partial charge in [-0.3, -0.25) is 4.79 Å². The molecule has 0 spiro atoms. The summed E-state index contributed by atoms with van der Waals surface area (Å²) in [4.78, 5) is 35.1. The molecule has 4 aromatic rings. The molecule has 1 aliphatic rings. The van der Waals surface area contributed by atoms with E-state index in [1.54, 1.807) is 61.5 Å². The Morgan fingerprint density at radius 1 is 1.02 bits per heavy atom. The maximum atomic E-state index is 15.2. The van der Waals surface area contributed by atoms with E-state index in [0.717, 1.165) is 0 Å². The fraction of sp³-hybridized carbons (Fsp3) is 0.207. The second-order valence-corrected chi connectivity index (χ2v) is 9.46. The summed E-state index contributed by atoms with van der Waals surface area (Å²) in [5.74, 6) is -0.552. The van der Waals surface area contributed by atoms with Crippen molar-refractivity contribution in [2.75, 3.05) is 46.5 Å². The van der Waals surface area contributed by atoms with Gasteiger partial charge in [-0.1, -0.05) is 6.07 Å². The largest absolute Gasteiger partial charge is 0.494 e. The third-order valence-corrected chi connectivity index (χ3v) is 6.44. The van der Waals surface area contributed by atoms with Gasteiger partial charge in [0.1, 0.15) is 5.82 Å². The van der Waals surface area contributed by atoms with Crippen molar-refractivity contribution in [1.82, 2.24) is 9.88 Å². The molecule has 11 heteroatoms. The lowest BCUT2D eigenvalue weighted by atomic mass is 9.99. The van der Waals surface area contributed by atoms with Crippen molar-refractivity contribution in [2.45, 2.75) is 0 Å². The lowest BCUT2D eigenvalue weighted by molar-refractivity contribution is -0.118. The lowest BCUT2D eigenvalue weighted by Gasteiger charge is -2.20. The Morgan fingerprint density at radius 3 is 2.50 bits per heavy atom. The number of benzene rings is 3. The minimum Gasteiger partial charge on any atom is -0.494 e. The smallest absolute Gasteiger partial charge is 0.337 e. The molecular weight excluding hydrogens is 519 g/mol. The van der Waals surface area contributed by atoms with Gasteiger partial charge in [-0.15, -0.1) is 0 Å². The summed E-state index contributed by atoms with van der Waals surface area (Å²) in [7, 11) is 6.31. The number of nitrogens with zero attached hydrogens (tertiary/aromatic N) is 3. The minimum atomic E-state index is -0.633. The molecule has 1 aromatic heterocycles. The van der Waals surface area contributed by atoms with Crippen molar-refractivity contribution >= 4 is 39.9 Å². The summed E-state index contributed by atoms with van der Waals surface area (Å²) in [6.45, 7) is 0.203. The maximum Gasteiger partial charge on any atom is 0.337 e. The number of amides is 1. The molecule has 0 bridgehead atoms. The molecule has 40 heavy (non-hydrogen) atoms. The molecular formula is C29H27FN4O6. The third kappa shape index (κ3) is 5.06. The number of rotatable bonds is 7. The number of fused-ring (bicyclic) bond motifs is 2. The first-order valence-electron chi connectivity index (χ1n) is 12.3. The molecule has 2 N–H and O–H groups in total. The predicted molar refractivity (Wildman–Crippen MR) is 148 cm³/mol. The van der Waals surface area contributed by atoms with Crippen LogP contribution in [-0.2, 0) is 9.53 Å². The first kappa shape index (κ1) is 26.7. The third-order valence-electron chi connectivity index (χ3n) is 6.44. The molecule has 1 amide bonds. The second-order valence-electron chi connectivity index (χ2n) is 9.46. The average molecular weight is 547 g/mol. The van der Waals surface area contributed by atoms with Gasteiger partial charge < -0.3 is 34.1 Å². The van der Waals surface area contributed by atoms with Gasteiger partial charge in [0.05, 0.1) is 41.9 Å². The summed E-state index contributed by atoms with van der Waals surface area (Å²) >= 11 is 0. The van der Waals surface area contributed by atoms with Crippen molar-refractivity contribution < 1.29 is 33.3 Å². The number of hydrogen-bond donors (Lipinski definition) is 2. The van der Waals surface area contributed by atoms with Crippen molar-refractivity contribution in [3.63, 3.8) is 0 Å². The Morgan fingerprint density at radius 2 is 1.77 bits per heavy atom. The number of likely N-dealkylation sites (N-methyl/N-ethyl adjacent to an activating group) is 2. The van der Waals surface area contributed by atoms with Gasteiger partial charge >= 0.3 is 5.97 Å². The molecule has 0 radical (unpaired) electrons. The van der Waals surface area contributed by atoms with E-state index >= 15 is 4.39 Å². The zero-order valence-corrected chi connectivity index (χ0v) is 22.3. The molecule has 0 unspecified atom stereocenters. The van der Waals surface area contributed by atoms with E-state index in [0.29, 0.717) is 44.8 Å². The first-order chi connectivity index (χ1) is 19.2. The SMILES string of the molecule is COC(=O)c1ccc2c(C(=Nc3ccc(N(C)C(=O)CN(C)C)c(F)c3)c3ccc4c(c3)OCO4)c(O)[nH]c2c1. The number of methoxy groups -OCH3 is 1. The van der Waals surface area contributed by atoms with Crippen molar-refractivity contribution in [1.29, 1.82) is 0 Å². The number of aliphatic imine (C=N–C) groups is 1. The number of halogens is 1. The Balaban J connectivity index is 1.63. The molecule has 3 aromatic carbocycles. The van der Waals surface area contributed by atoms with Gasteiger partial charge in [0, 0.05) is 29.6 Å². The van der Waals surface area contributed by atoms with Crippen molar-refractivity contribution in [2.24, 2.45) is 4.99 Å². The highest BCUT2D eigenvalue weighted by Gasteiger charge is 2.23. The number of nitrogens with one attached hydrogen (secondary N) is 1. The Kier molecular flexibility index (Phi) is 7.14. The Hall–Kier alpha value is -4.90. The van der Waals surface area contributed by atoms with E-state index in [9.17, 15) is 14.7 Å². The van der Waals surface area contributed by atoms with Crippen LogP contribution < -0.4 is 14.4 Å². The number of H-pyrrole nitrogens is 1. The molecule has 0 fully saturated rings. The summed E-state index contributed by atoms with van der Waals surface area (Å²) < 4.78 is 31.0. The number of carbonyl (C=O) groups is 2. The van der Waals surface area contributed by atoms with Crippen LogP contribution in [0.5, 0.6) is 17.4 Å². The minimum absolute atomic E-state index is 0.0760. The van der Waals surface area contributed by atoms with E-state index in [1.807, 2.05) is 0 Å². The quantitative estimate of drug-likeness (QED) is 0.263. The number of anilines is 1. The molecule has 0 atom stereocenters. The maximum absolute atomic E-state index is 15.2. The number of hydrogen-bond acceptors (Lipinski definition) is 8. The molecule has 0 saturated carbocycles. The molecule has 5 rings (SSSR count). The number of esters is 1. The Bertz CT molecular complexity index is 1660. The second kappa shape index (κ2) is 10.7. The fourth-order valence-electron chi connectivity index (χ4n) is 4.45. The van der Waals surface area contributed by atoms with Crippen LogP contribution in [-0.4, -0.2) is 74.2 Å². The van der Waals surface area contributed by atoms with Crippen molar-refractivity contribution in [3.8, 4) is 17.4 Å². The van der Waals surface area contributed by atoms with E-state index in [2.05, 4.69) is 4.98 Å². The van der Waals surface area contributed by atoms with Gasteiger partial charge in [0.15, 0.2) is 17.4 Å². The number of aromatic nitrogens is 1. The van der Waals surface area contributed by atoms with E-state index in [-0.39, 0.29) is 36.5 Å². The van der Waals surface area contributed by atoms with Crippen LogP contribution in [0.15, 0.2) is 59.6 Å². The summed E-state index contributed by atoms with van der Waals surface area (Å²) in [5, 5.41) is 11.6. The molecule has 0 saturated heterocycles. The predicted octanol–water partition coefficient (Wildman–Crippen LogP) is 4.22. The van der Waals surface area contributed by atoms with Crippen LogP contribution in [0.1, 0.15) is 21.5 Å². The molecule has 10 nitrogen and oxygen atoms in total. The van der Waals surface area contributed by atoms with Gasteiger partial charge in [0.2, 0.25) is 12.7 Å².